The summed E-state index contributed by atoms with van der Waals surface area (Å²) in [6.45, 7) is 5.65. The van der Waals surface area contributed by atoms with Crippen LogP contribution in [0.15, 0.2) is 41.8 Å². The second-order valence-corrected chi connectivity index (χ2v) is 6.03. The van der Waals surface area contributed by atoms with Crippen LogP contribution in [-0.4, -0.2) is 28.0 Å². The maximum absolute atomic E-state index is 11.7. The van der Waals surface area contributed by atoms with Crippen molar-refractivity contribution in [3.05, 3.63) is 42.5 Å². The zero-order chi connectivity index (χ0) is 15.2. The first-order chi connectivity index (χ1) is 9.40. The molecular formula is C13H19N3O3S. The van der Waals surface area contributed by atoms with Crippen molar-refractivity contribution in [3.63, 3.8) is 0 Å². The van der Waals surface area contributed by atoms with Crippen LogP contribution in [0.4, 0.5) is 4.79 Å². The number of carbonyl (C=O) groups is 1. The quantitative estimate of drug-likeness (QED) is 0.688. The third-order valence-corrected chi connectivity index (χ3v) is 4.10. The molecule has 1 atom stereocenters. The van der Waals surface area contributed by atoms with Gasteiger partial charge in [0.2, 0.25) is 10.0 Å². The standard InChI is InChI=1S/C13H19N3O3S/c1-4-8-15-13(17)16-10(2)11-6-5-7-12(9-11)20(18,19)14-3/h4-7,9-10,14H,1,8H2,2-3H3,(H2,15,16,17)/t10-/m1/s1. The van der Waals surface area contributed by atoms with E-state index in [4.69, 9.17) is 0 Å². The summed E-state index contributed by atoms with van der Waals surface area (Å²) in [5.41, 5.74) is 0.704. The van der Waals surface area contributed by atoms with Crippen LogP contribution in [0, 0.1) is 0 Å². The van der Waals surface area contributed by atoms with Crippen molar-refractivity contribution in [2.75, 3.05) is 13.6 Å². The fraction of sp³-hybridized carbons (Fsp3) is 0.308. The van der Waals surface area contributed by atoms with Gasteiger partial charge >= 0.3 is 6.03 Å². The van der Waals surface area contributed by atoms with E-state index < -0.39 is 10.0 Å². The second-order valence-electron chi connectivity index (χ2n) is 4.14. The summed E-state index contributed by atoms with van der Waals surface area (Å²) in [5.74, 6) is 0. The predicted molar refractivity (Wildman–Crippen MR) is 77.8 cm³/mol. The lowest BCUT2D eigenvalue weighted by atomic mass is 10.1. The van der Waals surface area contributed by atoms with Gasteiger partial charge in [0.05, 0.1) is 10.9 Å². The van der Waals surface area contributed by atoms with Crippen molar-refractivity contribution in [1.29, 1.82) is 0 Å². The number of benzene rings is 1. The molecule has 0 fully saturated rings. The van der Waals surface area contributed by atoms with E-state index in [1.54, 1.807) is 25.1 Å². The van der Waals surface area contributed by atoms with Crippen LogP contribution in [-0.2, 0) is 10.0 Å². The smallest absolute Gasteiger partial charge is 0.315 e. The molecule has 0 saturated heterocycles. The molecule has 3 N–H and O–H groups in total. The van der Waals surface area contributed by atoms with Crippen molar-refractivity contribution in [3.8, 4) is 0 Å². The van der Waals surface area contributed by atoms with Gasteiger partial charge in [0.15, 0.2) is 0 Å². The highest BCUT2D eigenvalue weighted by atomic mass is 32.2. The molecule has 0 aromatic heterocycles. The fourth-order valence-electron chi connectivity index (χ4n) is 1.56. The van der Waals surface area contributed by atoms with Gasteiger partial charge < -0.3 is 10.6 Å². The van der Waals surface area contributed by atoms with Crippen molar-refractivity contribution < 1.29 is 13.2 Å². The Bertz CT molecular complexity index is 584. The number of amides is 2. The summed E-state index contributed by atoms with van der Waals surface area (Å²) in [6.07, 6.45) is 1.57. The van der Waals surface area contributed by atoms with E-state index in [0.29, 0.717) is 12.1 Å². The molecule has 1 aromatic rings. The van der Waals surface area contributed by atoms with Gasteiger partial charge in [0.1, 0.15) is 0 Å². The number of rotatable bonds is 6. The molecule has 1 aromatic carbocycles. The molecule has 20 heavy (non-hydrogen) atoms. The number of nitrogens with one attached hydrogen (secondary N) is 3. The summed E-state index contributed by atoms with van der Waals surface area (Å²) in [4.78, 5) is 11.7. The summed E-state index contributed by atoms with van der Waals surface area (Å²) in [5, 5.41) is 5.30. The molecule has 7 heteroatoms. The zero-order valence-electron chi connectivity index (χ0n) is 11.5. The maximum atomic E-state index is 11.7. The molecule has 0 radical (unpaired) electrons. The van der Waals surface area contributed by atoms with Crippen molar-refractivity contribution in [1.82, 2.24) is 15.4 Å². The third kappa shape index (κ3) is 4.36. The van der Waals surface area contributed by atoms with Gasteiger partial charge in [-0.3, -0.25) is 0 Å². The molecule has 0 unspecified atom stereocenters. The van der Waals surface area contributed by atoms with E-state index in [1.165, 1.54) is 19.2 Å². The summed E-state index contributed by atoms with van der Waals surface area (Å²) >= 11 is 0. The van der Waals surface area contributed by atoms with E-state index >= 15 is 0 Å². The Hall–Kier alpha value is -1.86. The normalized spacial score (nSPS) is 12.5. The van der Waals surface area contributed by atoms with Crippen LogP contribution in [0.5, 0.6) is 0 Å². The van der Waals surface area contributed by atoms with E-state index in [1.807, 2.05) is 0 Å². The molecule has 110 valence electrons. The largest absolute Gasteiger partial charge is 0.335 e. The molecule has 0 saturated carbocycles. The Labute approximate surface area is 119 Å². The lowest BCUT2D eigenvalue weighted by molar-refractivity contribution is 0.239. The number of hydrogen-bond acceptors (Lipinski definition) is 3. The number of urea groups is 1. The summed E-state index contributed by atoms with van der Waals surface area (Å²) in [6, 6.07) is 5.78. The Kier molecular flexibility index (Phi) is 5.72. The number of carbonyl (C=O) groups excluding carboxylic acids is 1. The van der Waals surface area contributed by atoms with Crippen LogP contribution in [0.1, 0.15) is 18.5 Å². The first-order valence-electron chi connectivity index (χ1n) is 6.09. The minimum Gasteiger partial charge on any atom is -0.335 e. The van der Waals surface area contributed by atoms with E-state index in [0.717, 1.165) is 0 Å². The van der Waals surface area contributed by atoms with Gasteiger partial charge in [0, 0.05) is 6.54 Å². The number of sulfonamides is 1. The molecule has 0 aliphatic heterocycles. The molecule has 0 heterocycles. The minimum absolute atomic E-state index is 0.164. The van der Waals surface area contributed by atoms with Gasteiger partial charge in [-0.2, -0.15) is 0 Å². The van der Waals surface area contributed by atoms with E-state index in [9.17, 15) is 13.2 Å². The van der Waals surface area contributed by atoms with Gasteiger partial charge in [-0.1, -0.05) is 18.2 Å². The molecular weight excluding hydrogens is 278 g/mol. The Morgan fingerprint density at radius 3 is 2.75 bits per heavy atom. The minimum atomic E-state index is -3.49. The van der Waals surface area contributed by atoms with Crippen LogP contribution >= 0.6 is 0 Å². The molecule has 2 amide bonds. The van der Waals surface area contributed by atoms with Crippen molar-refractivity contribution >= 4 is 16.1 Å². The summed E-state index contributed by atoms with van der Waals surface area (Å²) in [7, 11) is -2.13. The maximum Gasteiger partial charge on any atom is 0.315 e. The summed E-state index contributed by atoms with van der Waals surface area (Å²) < 4.78 is 25.7. The molecule has 0 aliphatic carbocycles. The Morgan fingerprint density at radius 1 is 1.45 bits per heavy atom. The van der Waals surface area contributed by atoms with Crippen LogP contribution < -0.4 is 15.4 Å². The van der Waals surface area contributed by atoms with Gasteiger partial charge in [-0.05, 0) is 31.7 Å². The topological polar surface area (TPSA) is 87.3 Å². The first kappa shape index (κ1) is 16.2. The average molecular weight is 297 g/mol. The average Bonchev–Trinajstić information content (AvgIpc) is 2.45. The van der Waals surface area contributed by atoms with Crippen molar-refractivity contribution in [2.24, 2.45) is 0 Å². The highest BCUT2D eigenvalue weighted by Crippen LogP contribution is 2.17. The molecule has 0 bridgehead atoms. The number of hydrogen-bond donors (Lipinski definition) is 3. The van der Waals surface area contributed by atoms with E-state index in [2.05, 4.69) is 21.9 Å². The third-order valence-electron chi connectivity index (χ3n) is 2.69. The lowest BCUT2D eigenvalue weighted by Crippen LogP contribution is -2.37. The van der Waals surface area contributed by atoms with Crippen LogP contribution in [0.2, 0.25) is 0 Å². The van der Waals surface area contributed by atoms with Crippen LogP contribution in [0.3, 0.4) is 0 Å². The van der Waals surface area contributed by atoms with Crippen LogP contribution in [0.25, 0.3) is 0 Å². The van der Waals surface area contributed by atoms with Gasteiger partial charge in [0.25, 0.3) is 0 Å². The highest BCUT2D eigenvalue weighted by molar-refractivity contribution is 7.89. The zero-order valence-corrected chi connectivity index (χ0v) is 12.3. The molecule has 1 rings (SSSR count). The predicted octanol–water partition coefficient (Wildman–Crippen LogP) is 1.14. The van der Waals surface area contributed by atoms with Gasteiger partial charge in [-0.15, -0.1) is 6.58 Å². The molecule has 0 spiro atoms. The fourth-order valence-corrected chi connectivity index (χ4v) is 2.35. The Balaban J connectivity index is 2.84. The lowest BCUT2D eigenvalue weighted by Gasteiger charge is -2.15. The van der Waals surface area contributed by atoms with Gasteiger partial charge in [-0.25, -0.2) is 17.9 Å². The highest BCUT2D eigenvalue weighted by Gasteiger charge is 2.14. The Morgan fingerprint density at radius 2 is 2.15 bits per heavy atom. The monoisotopic (exact) mass is 297 g/mol. The molecule has 6 nitrogen and oxygen atoms in total. The van der Waals surface area contributed by atoms with E-state index in [-0.39, 0.29) is 17.0 Å². The molecule has 0 aliphatic rings. The first-order valence-corrected chi connectivity index (χ1v) is 7.57. The SMILES string of the molecule is C=CCNC(=O)N[C@H](C)c1cccc(S(=O)(=O)NC)c1. The second kappa shape index (κ2) is 7.06. The van der Waals surface area contributed by atoms with Crippen molar-refractivity contribution in [2.45, 2.75) is 17.9 Å².